The topological polar surface area (TPSA) is 50.3 Å². The predicted octanol–water partition coefficient (Wildman–Crippen LogP) is 2.59. The van der Waals surface area contributed by atoms with Gasteiger partial charge in [-0.25, -0.2) is 4.98 Å². The summed E-state index contributed by atoms with van der Waals surface area (Å²) >= 11 is 0. The Morgan fingerprint density at radius 2 is 2.05 bits per heavy atom. The quantitative estimate of drug-likeness (QED) is 0.884. The fourth-order valence-electron chi connectivity index (χ4n) is 2.22. The Morgan fingerprint density at radius 3 is 2.76 bits per heavy atom. The highest BCUT2D eigenvalue weighted by Gasteiger charge is 2.14. The zero-order valence-electron chi connectivity index (χ0n) is 13.0. The van der Waals surface area contributed by atoms with Gasteiger partial charge >= 0.3 is 0 Å². The molecule has 0 aliphatic carbocycles. The number of likely N-dealkylation sites (N-methyl/N-ethyl adjacent to an activating group) is 1. The molecule has 0 amide bonds. The second-order valence-corrected chi connectivity index (χ2v) is 4.96. The van der Waals surface area contributed by atoms with Crippen molar-refractivity contribution in [2.75, 3.05) is 31.4 Å². The number of hydrogen-bond acceptors (Lipinski definition) is 5. The lowest BCUT2D eigenvalue weighted by atomic mass is 10.1. The van der Waals surface area contributed by atoms with Gasteiger partial charge in [0.15, 0.2) is 0 Å². The normalized spacial score (nSPS) is 11.8. The lowest BCUT2D eigenvalue weighted by Crippen LogP contribution is -2.31. The Balaban J connectivity index is 2.13. The summed E-state index contributed by atoms with van der Waals surface area (Å²) in [5.41, 5.74) is 1.20. The number of para-hydroxylation sites is 1. The standard InChI is InChI=1S/C16H22N4O/c1-12(11-13-7-5-6-8-14(13)21-4)20(3)15-9-10-18-16(17-2)19-15/h5-10,12H,11H2,1-4H3,(H,17,18,19). The number of rotatable bonds is 6. The molecule has 5 heteroatoms. The molecule has 1 aromatic carbocycles. The Morgan fingerprint density at radius 1 is 1.29 bits per heavy atom. The average Bonchev–Trinajstić information content (AvgIpc) is 2.54. The molecule has 21 heavy (non-hydrogen) atoms. The van der Waals surface area contributed by atoms with Crippen molar-refractivity contribution < 1.29 is 4.74 Å². The van der Waals surface area contributed by atoms with E-state index in [2.05, 4.69) is 33.2 Å². The summed E-state index contributed by atoms with van der Waals surface area (Å²) in [4.78, 5) is 10.8. The number of methoxy groups -OCH3 is 1. The summed E-state index contributed by atoms with van der Waals surface area (Å²) in [6.45, 7) is 2.17. The van der Waals surface area contributed by atoms with E-state index in [0.717, 1.165) is 18.0 Å². The first kappa shape index (κ1) is 15.1. The van der Waals surface area contributed by atoms with Gasteiger partial charge in [0.05, 0.1) is 7.11 Å². The molecule has 2 aromatic rings. The van der Waals surface area contributed by atoms with Gasteiger partial charge in [0.25, 0.3) is 0 Å². The summed E-state index contributed by atoms with van der Waals surface area (Å²) in [7, 11) is 5.57. The van der Waals surface area contributed by atoms with Crippen molar-refractivity contribution in [3.05, 3.63) is 42.1 Å². The summed E-state index contributed by atoms with van der Waals surface area (Å²) < 4.78 is 5.41. The molecule has 1 N–H and O–H groups in total. The number of ether oxygens (including phenoxy) is 1. The monoisotopic (exact) mass is 286 g/mol. The molecular formula is C16H22N4O. The molecular weight excluding hydrogens is 264 g/mol. The van der Waals surface area contributed by atoms with Crippen molar-refractivity contribution in [2.24, 2.45) is 0 Å². The molecule has 0 saturated heterocycles. The third kappa shape index (κ3) is 3.62. The first-order valence-electron chi connectivity index (χ1n) is 7.01. The molecule has 0 aliphatic rings. The number of anilines is 2. The molecule has 0 saturated carbocycles. The van der Waals surface area contributed by atoms with Gasteiger partial charge < -0.3 is 15.0 Å². The van der Waals surface area contributed by atoms with E-state index in [1.807, 2.05) is 38.4 Å². The fraction of sp³-hybridized carbons (Fsp3) is 0.375. The van der Waals surface area contributed by atoms with Crippen LogP contribution in [0.3, 0.4) is 0 Å². The maximum Gasteiger partial charge on any atom is 0.224 e. The molecule has 5 nitrogen and oxygen atoms in total. The maximum atomic E-state index is 5.41. The van der Waals surface area contributed by atoms with Crippen LogP contribution in [0.4, 0.5) is 11.8 Å². The molecule has 1 aromatic heterocycles. The number of hydrogen-bond donors (Lipinski definition) is 1. The van der Waals surface area contributed by atoms with Gasteiger partial charge in [0.1, 0.15) is 11.6 Å². The molecule has 1 unspecified atom stereocenters. The Bertz CT molecular complexity index is 588. The molecule has 2 rings (SSSR count). The van der Waals surface area contributed by atoms with Crippen LogP contribution in [0.1, 0.15) is 12.5 Å². The van der Waals surface area contributed by atoms with Crippen molar-refractivity contribution in [1.29, 1.82) is 0 Å². The molecule has 0 spiro atoms. The minimum absolute atomic E-state index is 0.293. The van der Waals surface area contributed by atoms with Crippen molar-refractivity contribution in [1.82, 2.24) is 9.97 Å². The van der Waals surface area contributed by atoms with Crippen molar-refractivity contribution >= 4 is 11.8 Å². The van der Waals surface area contributed by atoms with E-state index >= 15 is 0 Å². The number of nitrogens with one attached hydrogen (secondary N) is 1. The molecule has 1 heterocycles. The van der Waals surface area contributed by atoms with E-state index in [1.54, 1.807) is 13.3 Å². The summed E-state index contributed by atoms with van der Waals surface area (Å²) in [5, 5.41) is 2.96. The smallest absolute Gasteiger partial charge is 0.224 e. The third-order valence-corrected chi connectivity index (χ3v) is 3.59. The zero-order valence-corrected chi connectivity index (χ0v) is 13.0. The lowest BCUT2D eigenvalue weighted by Gasteiger charge is -2.26. The van der Waals surface area contributed by atoms with Crippen LogP contribution in [0.5, 0.6) is 5.75 Å². The number of aromatic nitrogens is 2. The molecule has 0 aliphatic heterocycles. The summed E-state index contributed by atoms with van der Waals surface area (Å²) in [6.07, 6.45) is 2.65. The highest BCUT2D eigenvalue weighted by Crippen LogP contribution is 2.22. The van der Waals surface area contributed by atoms with E-state index in [0.29, 0.717) is 12.0 Å². The highest BCUT2D eigenvalue weighted by atomic mass is 16.5. The van der Waals surface area contributed by atoms with Crippen LogP contribution < -0.4 is 15.0 Å². The van der Waals surface area contributed by atoms with Crippen LogP contribution in [-0.2, 0) is 6.42 Å². The lowest BCUT2D eigenvalue weighted by molar-refractivity contribution is 0.408. The Labute approximate surface area is 126 Å². The zero-order chi connectivity index (χ0) is 15.2. The second-order valence-electron chi connectivity index (χ2n) is 4.96. The largest absolute Gasteiger partial charge is 0.496 e. The van der Waals surface area contributed by atoms with Gasteiger partial charge in [-0.2, -0.15) is 4.98 Å². The Hall–Kier alpha value is -2.30. The fourth-order valence-corrected chi connectivity index (χ4v) is 2.22. The van der Waals surface area contributed by atoms with E-state index in [-0.39, 0.29) is 0 Å². The number of nitrogens with zero attached hydrogens (tertiary/aromatic N) is 3. The van der Waals surface area contributed by atoms with E-state index in [1.165, 1.54) is 5.56 Å². The summed E-state index contributed by atoms with van der Waals surface area (Å²) in [6, 6.07) is 10.3. The average molecular weight is 286 g/mol. The van der Waals surface area contributed by atoms with E-state index in [4.69, 9.17) is 4.74 Å². The Kier molecular flexibility index (Phi) is 4.98. The van der Waals surface area contributed by atoms with E-state index in [9.17, 15) is 0 Å². The van der Waals surface area contributed by atoms with Crippen LogP contribution >= 0.6 is 0 Å². The van der Waals surface area contributed by atoms with Gasteiger partial charge in [0.2, 0.25) is 5.95 Å². The van der Waals surface area contributed by atoms with Gasteiger partial charge in [-0.05, 0) is 31.0 Å². The minimum atomic E-state index is 0.293. The van der Waals surface area contributed by atoms with Crippen LogP contribution in [-0.4, -0.2) is 37.2 Å². The molecule has 0 radical (unpaired) electrons. The first-order chi connectivity index (χ1) is 10.2. The molecule has 0 bridgehead atoms. The first-order valence-corrected chi connectivity index (χ1v) is 7.01. The van der Waals surface area contributed by atoms with Crippen molar-refractivity contribution in [3.63, 3.8) is 0 Å². The molecule has 0 fully saturated rings. The SMILES string of the molecule is CNc1nccc(N(C)C(C)Cc2ccccc2OC)n1. The van der Waals surface area contributed by atoms with Gasteiger partial charge in [-0.15, -0.1) is 0 Å². The van der Waals surface area contributed by atoms with Crippen molar-refractivity contribution in [2.45, 2.75) is 19.4 Å². The minimum Gasteiger partial charge on any atom is -0.496 e. The maximum absolute atomic E-state index is 5.41. The predicted molar refractivity (Wildman–Crippen MR) is 86.1 cm³/mol. The third-order valence-electron chi connectivity index (χ3n) is 3.59. The van der Waals surface area contributed by atoms with Crippen molar-refractivity contribution in [3.8, 4) is 5.75 Å². The molecule has 112 valence electrons. The van der Waals surface area contributed by atoms with Gasteiger partial charge in [-0.1, -0.05) is 18.2 Å². The van der Waals surface area contributed by atoms with Crippen LogP contribution in [0.2, 0.25) is 0 Å². The van der Waals surface area contributed by atoms with Gasteiger partial charge in [-0.3, -0.25) is 0 Å². The van der Waals surface area contributed by atoms with Crippen LogP contribution in [0.15, 0.2) is 36.5 Å². The summed E-state index contributed by atoms with van der Waals surface area (Å²) in [5.74, 6) is 2.46. The molecule has 1 atom stereocenters. The van der Waals surface area contributed by atoms with Gasteiger partial charge in [0, 0.05) is 26.3 Å². The van der Waals surface area contributed by atoms with Crippen LogP contribution in [0.25, 0.3) is 0 Å². The second kappa shape index (κ2) is 6.92. The van der Waals surface area contributed by atoms with Crippen LogP contribution in [0, 0.1) is 0 Å². The number of benzene rings is 1. The van der Waals surface area contributed by atoms with E-state index < -0.39 is 0 Å². The highest BCUT2D eigenvalue weighted by molar-refractivity contribution is 5.43.